The van der Waals surface area contributed by atoms with Crippen molar-refractivity contribution in [2.24, 2.45) is 13.0 Å². The molecule has 1 N–H and O–H groups in total. The normalized spacial score (nSPS) is 23.4. The number of aryl methyl sites for hydroxylation is 2. The van der Waals surface area contributed by atoms with E-state index in [4.69, 9.17) is 0 Å². The smallest absolute Gasteiger partial charge is 0.137 e. The van der Waals surface area contributed by atoms with Crippen molar-refractivity contribution in [2.45, 2.75) is 44.1 Å². The fourth-order valence-corrected chi connectivity index (χ4v) is 4.68. The first-order valence-corrected chi connectivity index (χ1v) is 9.68. The number of likely N-dealkylation sites (tertiary alicyclic amines) is 1. The van der Waals surface area contributed by atoms with Crippen LogP contribution in [0.1, 0.15) is 54.7 Å². The number of rotatable bonds is 4. The van der Waals surface area contributed by atoms with Gasteiger partial charge in [-0.25, -0.2) is 4.98 Å². The molecule has 1 aliphatic heterocycles. The second-order valence-electron chi connectivity index (χ2n) is 7.77. The Hall–Kier alpha value is -1.65. The first kappa shape index (κ1) is 16.8. The number of aliphatic hydroxyl groups excluding tert-OH is 1. The molecule has 1 aliphatic carbocycles. The minimum absolute atomic E-state index is 0.330. The number of aliphatic hydroxyl groups is 1. The van der Waals surface area contributed by atoms with E-state index in [1.807, 2.05) is 17.8 Å². The standard InChI is InChI=1S/C21H29N3O/c1-23-14-11-22-21(23)20(25)17-9-12-24(13-10-17)15-18-7-4-6-16-5-2-3-8-19(16)18/h2-3,5,8,11,14,17-18,20,25H,4,6-7,9-10,12-13,15H2,1H3. The largest absolute Gasteiger partial charge is 0.385 e. The lowest BCUT2D eigenvalue weighted by Gasteiger charge is -2.37. The molecule has 4 heteroatoms. The summed E-state index contributed by atoms with van der Waals surface area (Å²) in [6, 6.07) is 8.99. The van der Waals surface area contributed by atoms with Crippen LogP contribution in [0, 0.1) is 5.92 Å². The quantitative estimate of drug-likeness (QED) is 0.929. The van der Waals surface area contributed by atoms with Gasteiger partial charge in [-0.2, -0.15) is 0 Å². The Morgan fingerprint density at radius 3 is 2.76 bits per heavy atom. The zero-order chi connectivity index (χ0) is 17.2. The van der Waals surface area contributed by atoms with E-state index in [-0.39, 0.29) is 0 Å². The minimum Gasteiger partial charge on any atom is -0.385 e. The van der Waals surface area contributed by atoms with Crippen LogP contribution in [0.3, 0.4) is 0 Å². The van der Waals surface area contributed by atoms with Crippen LogP contribution in [0.2, 0.25) is 0 Å². The summed E-state index contributed by atoms with van der Waals surface area (Å²) in [6.07, 6.45) is 9.23. The second kappa shape index (κ2) is 7.30. The third-order valence-electron chi connectivity index (χ3n) is 6.17. The van der Waals surface area contributed by atoms with E-state index < -0.39 is 6.10 Å². The number of hydrogen-bond acceptors (Lipinski definition) is 3. The molecule has 2 aromatic rings. The highest BCUT2D eigenvalue weighted by molar-refractivity contribution is 5.32. The average molecular weight is 339 g/mol. The van der Waals surface area contributed by atoms with Gasteiger partial charge in [0.15, 0.2) is 0 Å². The van der Waals surface area contributed by atoms with Gasteiger partial charge in [-0.05, 0) is 68.2 Å². The molecule has 1 aromatic heterocycles. The summed E-state index contributed by atoms with van der Waals surface area (Å²) in [6.45, 7) is 3.35. The van der Waals surface area contributed by atoms with E-state index in [9.17, 15) is 5.11 Å². The summed E-state index contributed by atoms with van der Waals surface area (Å²) in [7, 11) is 1.96. The molecule has 134 valence electrons. The van der Waals surface area contributed by atoms with Crippen LogP contribution in [-0.2, 0) is 13.5 Å². The highest BCUT2D eigenvalue weighted by atomic mass is 16.3. The lowest BCUT2D eigenvalue weighted by atomic mass is 9.82. The molecule has 4 rings (SSSR count). The Morgan fingerprint density at radius 2 is 2.00 bits per heavy atom. The number of hydrogen-bond donors (Lipinski definition) is 1. The highest BCUT2D eigenvalue weighted by Gasteiger charge is 2.30. The fourth-order valence-electron chi connectivity index (χ4n) is 4.68. The van der Waals surface area contributed by atoms with Gasteiger partial charge < -0.3 is 14.6 Å². The highest BCUT2D eigenvalue weighted by Crippen LogP contribution is 2.34. The second-order valence-corrected chi connectivity index (χ2v) is 7.77. The Labute approximate surface area is 150 Å². The van der Waals surface area contributed by atoms with Crippen molar-refractivity contribution < 1.29 is 5.11 Å². The molecule has 0 spiro atoms. The zero-order valence-corrected chi connectivity index (χ0v) is 15.1. The topological polar surface area (TPSA) is 41.3 Å². The van der Waals surface area contributed by atoms with E-state index >= 15 is 0 Å². The van der Waals surface area contributed by atoms with Gasteiger partial charge >= 0.3 is 0 Å². The number of nitrogens with zero attached hydrogens (tertiary/aromatic N) is 3. The van der Waals surface area contributed by atoms with Crippen molar-refractivity contribution in [1.82, 2.24) is 14.5 Å². The molecule has 2 heterocycles. The van der Waals surface area contributed by atoms with Crippen LogP contribution >= 0.6 is 0 Å². The fraction of sp³-hybridized carbons (Fsp3) is 0.571. The van der Waals surface area contributed by atoms with Crippen molar-refractivity contribution >= 4 is 0 Å². The van der Waals surface area contributed by atoms with Crippen molar-refractivity contribution in [1.29, 1.82) is 0 Å². The maximum absolute atomic E-state index is 10.7. The van der Waals surface area contributed by atoms with Crippen LogP contribution < -0.4 is 0 Å². The number of aromatic nitrogens is 2. The monoisotopic (exact) mass is 339 g/mol. The molecule has 0 amide bonds. The SMILES string of the molecule is Cn1ccnc1C(O)C1CCN(CC2CCCc3ccccc32)CC1. The van der Waals surface area contributed by atoms with Gasteiger partial charge in [0, 0.05) is 26.0 Å². The van der Waals surface area contributed by atoms with Crippen molar-refractivity contribution in [3.8, 4) is 0 Å². The molecular weight excluding hydrogens is 310 g/mol. The average Bonchev–Trinajstić information content (AvgIpc) is 3.08. The Kier molecular flexibility index (Phi) is 4.91. The van der Waals surface area contributed by atoms with E-state index in [0.717, 1.165) is 31.8 Å². The van der Waals surface area contributed by atoms with Crippen LogP contribution in [0.4, 0.5) is 0 Å². The summed E-state index contributed by atoms with van der Waals surface area (Å²) in [5, 5.41) is 10.7. The molecule has 1 saturated heterocycles. The van der Waals surface area contributed by atoms with Crippen molar-refractivity contribution in [3.05, 3.63) is 53.6 Å². The Morgan fingerprint density at radius 1 is 1.20 bits per heavy atom. The molecule has 2 atom stereocenters. The maximum Gasteiger partial charge on any atom is 0.137 e. The van der Waals surface area contributed by atoms with Crippen molar-refractivity contribution in [3.63, 3.8) is 0 Å². The predicted octanol–water partition coefficient (Wildman–Crippen LogP) is 3.29. The van der Waals surface area contributed by atoms with Crippen LogP contribution in [0.5, 0.6) is 0 Å². The van der Waals surface area contributed by atoms with E-state index in [2.05, 4.69) is 34.1 Å². The van der Waals surface area contributed by atoms with E-state index in [1.54, 1.807) is 17.3 Å². The summed E-state index contributed by atoms with van der Waals surface area (Å²) < 4.78 is 1.94. The van der Waals surface area contributed by atoms with Gasteiger partial charge in [-0.15, -0.1) is 0 Å². The summed E-state index contributed by atoms with van der Waals surface area (Å²) >= 11 is 0. The molecule has 1 fully saturated rings. The zero-order valence-electron chi connectivity index (χ0n) is 15.1. The molecule has 0 saturated carbocycles. The minimum atomic E-state index is -0.433. The summed E-state index contributed by atoms with van der Waals surface area (Å²) in [5.41, 5.74) is 3.13. The molecule has 4 nitrogen and oxygen atoms in total. The first-order valence-electron chi connectivity index (χ1n) is 9.68. The lowest BCUT2D eigenvalue weighted by molar-refractivity contribution is 0.0491. The number of benzene rings is 1. The molecule has 2 aliphatic rings. The van der Waals surface area contributed by atoms with Gasteiger partial charge in [-0.1, -0.05) is 24.3 Å². The summed E-state index contributed by atoms with van der Waals surface area (Å²) in [5.74, 6) is 1.82. The molecule has 25 heavy (non-hydrogen) atoms. The first-order chi connectivity index (χ1) is 12.2. The van der Waals surface area contributed by atoms with E-state index in [0.29, 0.717) is 11.8 Å². The predicted molar refractivity (Wildman–Crippen MR) is 99.5 cm³/mol. The number of piperidine rings is 1. The van der Waals surface area contributed by atoms with Gasteiger partial charge in [0.1, 0.15) is 11.9 Å². The molecule has 0 radical (unpaired) electrons. The van der Waals surface area contributed by atoms with Crippen molar-refractivity contribution in [2.75, 3.05) is 19.6 Å². The molecule has 1 aromatic carbocycles. The van der Waals surface area contributed by atoms with Gasteiger partial charge in [-0.3, -0.25) is 0 Å². The van der Waals surface area contributed by atoms with Gasteiger partial charge in [0.25, 0.3) is 0 Å². The molecular formula is C21H29N3O. The number of fused-ring (bicyclic) bond motifs is 1. The van der Waals surface area contributed by atoms with Gasteiger partial charge in [0.05, 0.1) is 0 Å². The molecule has 2 unspecified atom stereocenters. The number of imidazole rings is 1. The molecule has 0 bridgehead atoms. The summed E-state index contributed by atoms with van der Waals surface area (Å²) in [4.78, 5) is 6.93. The Bertz CT molecular complexity index is 703. The van der Waals surface area contributed by atoms with Crippen LogP contribution in [-0.4, -0.2) is 39.2 Å². The van der Waals surface area contributed by atoms with Crippen LogP contribution in [0.15, 0.2) is 36.7 Å². The Balaban J connectivity index is 1.35. The van der Waals surface area contributed by atoms with Crippen LogP contribution in [0.25, 0.3) is 0 Å². The third kappa shape index (κ3) is 3.51. The van der Waals surface area contributed by atoms with Gasteiger partial charge in [0.2, 0.25) is 0 Å². The maximum atomic E-state index is 10.7. The lowest BCUT2D eigenvalue weighted by Crippen LogP contribution is -2.38. The third-order valence-corrected chi connectivity index (χ3v) is 6.17. The van der Waals surface area contributed by atoms with E-state index in [1.165, 1.54) is 25.8 Å².